The zero-order valence-electron chi connectivity index (χ0n) is 47.7. The highest BCUT2D eigenvalue weighted by atomic mass is 31.2. The molecule has 0 fully saturated rings. The summed E-state index contributed by atoms with van der Waals surface area (Å²) in [6, 6.07) is -0.863. The minimum atomic E-state index is -4.35. The first-order valence-corrected chi connectivity index (χ1v) is 32.0. The molecule has 3 atom stereocenters. The van der Waals surface area contributed by atoms with E-state index in [1.807, 2.05) is 27.2 Å². The predicted molar refractivity (Wildman–Crippen MR) is 309 cm³/mol. The van der Waals surface area contributed by atoms with Crippen molar-refractivity contribution in [1.29, 1.82) is 0 Å². The molecule has 0 aliphatic rings. The fourth-order valence-corrected chi connectivity index (χ4v) is 9.71. The number of nitrogens with zero attached hydrogens (tertiary/aromatic N) is 1. The standard InChI is InChI=1S/C62H119N2O6P/c1-6-8-10-12-14-16-18-20-22-24-25-26-27-28-29-30-31-32-33-34-35-36-37-38-39-40-42-44-46-48-50-52-54-56-62(66)63-60(59-70-71(67,68)69-58-57-64(3,4)5)61(65)55-53-51-49-47-45-43-41-23-21-19-17-15-13-11-9-7-2/h25-26,28-29,45,47,53,55,60-61,65H,6-24,27,30-44,46,48-52,54,56-59H2,1-5H3,(H-,63,66,67,68)/p+1/b26-25-,29-28-,47-45+,55-53+. The second kappa shape index (κ2) is 53.3. The van der Waals surface area contributed by atoms with Crippen molar-refractivity contribution in [3.8, 4) is 0 Å². The van der Waals surface area contributed by atoms with E-state index in [1.165, 1.54) is 225 Å². The van der Waals surface area contributed by atoms with Crippen LogP contribution < -0.4 is 5.32 Å². The van der Waals surface area contributed by atoms with Crippen LogP contribution in [0.1, 0.15) is 290 Å². The Kier molecular flexibility index (Phi) is 52.1. The summed E-state index contributed by atoms with van der Waals surface area (Å²) in [6.07, 6.45) is 70.9. The Bertz CT molecular complexity index is 1290. The molecule has 0 aliphatic heterocycles. The van der Waals surface area contributed by atoms with Crippen molar-refractivity contribution in [3.05, 3.63) is 48.6 Å². The Morgan fingerprint density at radius 2 is 0.817 bits per heavy atom. The van der Waals surface area contributed by atoms with Crippen molar-refractivity contribution in [1.82, 2.24) is 5.32 Å². The van der Waals surface area contributed by atoms with Crippen LogP contribution >= 0.6 is 7.82 Å². The van der Waals surface area contributed by atoms with E-state index in [2.05, 4.69) is 55.6 Å². The molecule has 0 rings (SSSR count). The van der Waals surface area contributed by atoms with Crippen LogP contribution in [0, 0.1) is 0 Å². The minimum Gasteiger partial charge on any atom is -0.387 e. The van der Waals surface area contributed by atoms with Crippen molar-refractivity contribution in [2.75, 3.05) is 40.9 Å². The summed E-state index contributed by atoms with van der Waals surface area (Å²) in [6.45, 7) is 4.82. The molecule has 3 unspecified atom stereocenters. The number of carbonyl (C=O) groups is 1. The van der Waals surface area contributed by atoms with Gasteiger partial charge in [0.05, 0.1) is 39.9 Å². The van der Waals surface area contributed by atoms with Crippen LogP contribution in [-0.4, -0.2) is 73.4 Å². The maximum absolute atomic E-state index is 13.0. The molecule has 418 valence electrons. The number of unbranched alkanes of at least 4 members (excludes halogenated alkanes) is 37. The number of allylic oxidation sites excluding steroid dienone is 7. The number of hydrogen-bond acceptors (Lipinski definition) is 5. The van der Waals surface area contributed by atoms with Crippen LogP contribution in [0.2, 0.25) is 0 Å². The van der Waals surface area contributed by atoms with Crippen LogP contribution in [0.25, 0.3) is 0 Å². The quantitative estimate of drug-likeness (QED) is 0.0243. The van der Waals surface area contributed by atoms with Crippen LogP contribution in [0.15, 0.2) is 48.6 Å². The number of nitrogens with one attached hydrogen (secondary N) is 1. The third-order valence-electron chi connectivity index (χ3n) is 13.8. The first kappa shape index (κ1) is 69.5. The SMILES string of the molecule is CCCCCCCCCCC/C=C\C/C=C\CCCCCCCCCCCCCCCCCCCC(=O)NC(COP(=O)(O)OCC[N+](C)(C)C)C(O)/C=C/CC/C=C/CCCCCCCCCCCC. The lowest BCUT2D eigenvalue weighted by Gasteiger charge is -2.25. The van der Waals surface area contributed by atoms with Crippen molar-refractivity contribution in [2.24, 2.45) is 0 Å². The molecule has 0 saturated carbocycles. The Hall–Kier alpha value is -1.54. The summed E-state index contributed by atoms with van der Waals surface area (Å²) >= 11 is 0. The van der Waals surface area contributed by atoms with Gasteiger partial charge in [-0.1, -0.05) is 268 Å². The number of likely N-dealkylation sites (N-methyl/N-ethyl adjacent to an activating group) is 1. The van der Waals surface area contributed by atoms with Gasteiger partial charge in [0.2, 0.25) is 5.91 Å². The molecule has 0 aromatic heterocycles. The first-order valence-electron chi connectivity index (χ1n) is 30.5. The number of quaternary nitrogens is 1. The summed E-state index contributed by atoms with van der Waals surface area (Å²) in [5, 5.41) is 13.9. The molecule has 8 nitrogen and oxygen atoms in total. The van der Waals surface area contributed by atoms with Gasteiger partial charge in [-0.15, -0.1) is 0 Å². The van der Waals surface area contributed by atoms with E-state index in [0.29, 0.717) is 17.4 Å². The lowest BCUT2D eigenvalue weighted by molar-refractivity contribution is -0.870. The van der Waals surface area contributed by atoms with E-state index >= 15 is 0 Å². The largest absolute Gasteiger partial charge is 0.472 e. The van der Waals surface area contributed by atoms with E-state index < -0.39 is 20.0 Å². The molecule has 0 aromatic rings. The molecular weight excluding hydrogens is 900 g/mol. The highest BCUT2D eigenvalue weighted by Crippen LogP contribution is 2.43. The van der Waals surface area contributed by atoms with E-state index in [9.17, 15) is 19.4 Å². The number of carbonyl (C=O) groups excluding carboxylic acids is 1. The van der Waals surface area contributed by atoms with E-state index in [4.69, 9.17) is 9.05 Å². The Labute approximate surface area is 441 Å². The van der Waals surface area contributed by atoms with E-state index in [0.717, 1.165) is 44.9 Å². The summed E-state index contributed by atoms with van der Waals surface area (Å²) in [5.74, 6) is -0.184. The van der Waals surface area contributed by atoms with Crippen LogP contribution in [-0.2, 0) is 18.4 Å². The number of rotatable bonds is 56. The molecule has 3 N–H and O–H groups in total. The van der Waals surface area contributed by atoms with Crippen LogP contribution in [0.3, 0.4) is 0 Å². The third kappa shape index (κ3) is 56.0. The first-order chi connectivity index (χ1) is 34.5. The maximum Gasteiger partial charge on any atom is 0.472 e. The molecule has 0 heterocycles. The lowest BCUT2D eigenvalue weighted by Crippen LogP contribution is -2.45. The van der Waals surface area contributed by atoms with Crippen molar-refractivity contribution in [3.63, 3.8) is 0 Å². The Morgan fingerprint density at radius 3 is 1.21 bits per heavy atom. The highest BCUT2D eigenvalue weighted by molar-refractivity contribution is 7.47. The number of phosphoric acid groups is 1. The fraction of sp³-hybridized carbons (Fsp3) is 0.855. The summed E-state index contributed by atoms with van der Waals surface area (Å²) in [7, 11) is 1.56. The van der Waals surface area contributed by atoms with Crippen molar-refractivity contribution in [2.45, 2.75) is 302 Å². The number of aliphatic hydroxyl groups is 1. The molecule has 0 aromatic carbocycles. The van der Waals surface area contributed by atoms with Gasteiger partial charge >= 0.3 is 7.82 Å². The summed E-state index contributed by atoms with van der Waals surface area (Å²) < 4.78 is 23.7. The molecule has 0 spiro atoms. The molecule has 71 heavy (non-hydrogen) atoms. The van der Waals surface area contributed by atoms with Gasteiger partial charge < -0.3 is 19.8 Å². The third-order valence-corrected chi connectivity index (χ3v) is 14.8. The second-order valence-corrected chi connectivity index (χ2v) is 23.5. The molecule has 0 bridgehead atoms. The molecule has 0 aliphatic carbocycles. The molecule has 9 heteroatoms. The fourth-order valence-electron chi connectivity index (χ4n) is 8.97. The zero-order chi connectivity index (χ0) is 52.0. The number of phosphoric ester groups is 1. The maximum atomic E-state index is 13.0. The van der Waals surface area contributed by atoms with Crippen LogP contribution in [0.4, 0.5) is 0 Å². The topological polar surface area (TPSA) is 105 Å². The van der Waals surface area contributed by atoms with Gasteiger partial charge in [0, 0.05) is 6.42 Å². The molecule has 0 radical (unpaired) electrons. The van der Waals surface area contributed by atoms with Gasteiger partial charge in [0.1, 0.15) is 13.2 Å². The van der Waals surface area contributed by atoms with Gasteiger partial charge in [0.15, 0.2) is 0 Å². The monoisotopic (exact) mass is 1020 g/mol. The van der Waals surface area contributed by atoms with E-state index in [-0.39, 0.29) is 19.1 Å². The van der Waals surface area contributed by atoms with Crippen LogP contribution in [0.5, 0.6) is 0 Å². The van der Waals surface area contributed by atoms with Gasteiger partial charge in [-0.2, -0.15) is 0 Å². The van der Waals surface area contributed by atoms with Gasteiger partial charge in [-0.3, -0.25) is 13.8 Å². The summed E-state index contributed by atoms with van der Waals surface area (Å²) in [5.41, 5.74) is 0. The molecule has 0 saturated heterocycles. The number of hydrogen-bond donors (Lipinski definition) is 3. The number of aliphatic hydroxyl groups excluding tert-OH is 1. The average molecular weight is 1020 g/mol. The smallest absolute Gasteiger partial charge is 0.387 e. The van der Waals surface area contributed by atoms with Crippen molar-refractivity contribution >= 4 is 13.7 Å². The molecule has 1 amide bonds. The van der Waals surface area contributed by atoms with Crippen molar-refractivity contribution < 1.29 is 32.9 Å². The zero-order valence-corrected chi connectivity index (χ0v) is 48.6. The Balaban J connectivity index is 4.06. The normalized spacial score (nSPS) is 14.2. The summed E-state index contributed by atoms with van der Waals surface area (Å²) in [4.78, 5) is 23.3. The van der Waals surface area contributed by atoms with Gasteiger partial charge in [0.25, 0.3) is 0 Å². The minimum absolute atomic E-state index is 0.0565. The van der Waals surface area contributed by atoms with E-state index in [1.54, 1.807) is 6.08 Å². The second-order valence-electron chi connectivity index (χ2n) is 22.1. The predicted octanol–water partition coefficient (Wildman–Crippen LogP) is 18.7. The average Bonchev–Trinajstić information content (AvgIpc) is 3.33. The van der Waals surface area contributed by atoms with Gasteiger partial charge in [-0.25, -0.2) is 4.57 Å². The Morgan fingerprint density at radius 1 is 0.479 bits per heavy atom. The van der Waals surface area contributed by atoms with Gasteiger partial charge in [-0.05, 0) is 64.2 Å². The lowest BCUT2D eigenvalue weighted by atomic mass is 10.0. The number of amides is 1. The molecular formula is C62H120N2O6P+. The highest BCUT2D eigenvalue weighted by Gasteiger charge is 2.27.